The number of benzene rings is 1. The summed E-state index contributed by atoms with van der Waals surface area (Å²) < 4.78 is 5.35. The van der Waals surface area contributed by atoms with E-state index in [1.165, 1.54) is 38.8 Å². The van der Waals surface area contributed by atoms with Gasteiger partial charge in [0.05, 0.1) is 0 Å². The summed E-state index contributed by atoms with van der Waals surface area (Å²) in [4.78, 5) is 2.50. The molecule has 90 valence electrons. The molecule has 1 aliphatic rings. The summed E-state index contributed by atoms with van der Waals surface area (Å²) in [6, 6.07) is 8.11. The van der Waals surface area contributed by atoms with Gasteiger partial charge in [-0.3, -0.25) is 4.90 Å². The van der Waals surface area contributed by atoms with E-state index in [-0.39, 0.29) is 0 Å². The molecule has 1 fully saturated rings. The minimum Gasteiger partial charge on any atom is -0.356 e. The second-order valence-electron chi connectivity index (χ2n) is 4.82. The molecule has 1 aliphatic heterocycles. The summed E-state index contributed by atoms with van der Waals surface area (Å²) in [7, 11) is 0. The van der Waals surface area contributed by atoms with Crippen molar-refractivity contribution in [1.29, 1.82) is 0 Å². The highest BCUT2D eigenvalue weighted by molar-refractivity contribution is 5.79. The molecule has 2 heterocycles. The molecule has 2 aromatic rings. The Labute approximate surface area is 101 Å². The molecule has 0 radical (unpaired) electrons. The van der Waals surface area contributed by atoms with Crippen molar-refractivity contribution < 1.29 is 4.52 Å². The zero-order valence-corrected chi connectivity index (χ0v) is 10.1. The van der Waals surface area contributed by atoms with Crippen LogP contribution in [0.4, 0.5) is 0 Å². The van der Waals surface area contributed by atoms with Crippen LogP contribution >= 0.6 is 0 Å². The Morgan fingerprint density at radius 1 is 1.06 bits per heavy atom. The van der Waals surface area contributed by atoms with Gasteiger partial charge in [0, 0.05) is 11.9 Å². The molecule has 1 aromatic carbocycles. The molecule has 17 heavy (non-hydrogen) atoms. The van der Waals surface area contributed by atoms with Crippen molar-refractivity contribution >= 4 is 11.0 Å². The number of rotatable bonds is 2. The Hall–Kier alpha value is -1.35. The summed E-state index contributed by atoms with van der Waals surface area (Å²) >= 11 is 0. The van der Waals surface area contributed by atoms with Crippen LogP contribution in [0.25, 0.3) is 11.0 Å². The first kappa shape index (κ1) is 10.8. The standard InChI is InChI=1S/C14H18N2O/c1-2-6-10-16(9-5-1)11-13-12-7-3-4-8-14(12)17-15-13/h3-4,7-8H,1-2,5-6,9-11H2. The lowest BCUT2D eigenvalue weighted by molar-refractivity contribution is 0.268. The first-order chi connectivity index (χ1) is 8.43. The van der Waals surface area contributed by atoms with Crippen LogP contribution in [0, 0.1) is 0 Å². The fourth-order valence-electron chi connectivity index (χ4n) is 2.56. The molecular weight excluding hydrogens is 212 g/mol. The van der Waals surface area contributed by atoms with Gasteiger partial charge in [0.2, 0.25) is 0 Å². The lowest BCUT2D eigenvalue weighted by Gasteiger charge is -2.17. The van der Waals surface area contributed by atoms with Crippen molar-refractivity contribution in [3.8, 4) is 0 Å². The number of hydrogen-bond donors (Lipinski definition) is 0. The average molecular weight is 230 g/mol. The first-order valence-electron chi connectivity index (χ1n) is 6.49. The van der Waals surface area contributed by atoms with Gasteiger partial charge in [-0.15, -0.1) is 0 Å². The third kappa shape index (κ3) is 2.34. The van der Waals surface area contributed by atoms with E-state index in [1.807, 2.05) is 18.2 Å². The van der Waals surface area contributed by atoms with Gasteiger partial charge in [0.1, 0.15) is 5.69 Å². The van der Waals surface area contributed by atoms with Gasteiger partial charge in [-0.05, 0) is 38.1 Å². The number of hydrogen-bond acceptors (Lipinski definition) is 3. The number of fused-ring (bicyclic) bond motifs is 1. The van der Waals surface area contributed by atoms with Gasteiger partial charge in [0.15, 0.2) is 5.58 Å². The summed E-state index contributed by atoms with van der Waals surface area (Å²) in [5.74, 6) is 0. The van der Waals surface area contributed by atoms with Gasteiger partial charge >= 0.3 is 0 Å². The fraction of sp³-hybridized carbons (Fsp3) is 0.500. The van der Waals surface area contributed by atoms with Gasteiger partial charge < -0.3 is 4.52 Å². The van der Waals surface area contributed by atoms with Crippen molar-refractivity contribution in [2.75, 3.05) is 13.1 Å². The van der Waals surface area contributed by atoms with E-state index in [4.69, 9.17) is 4.52 Å². The molecule has 3 heteroatoms. The maximum Gasteiger partial charge on any atom is 0.167 e. The molecule has 0 amide bonds. The predicted molar refractivity (Wildman–Crippen MR) is 67.8 cm³/mol. The molecule has 0 saturated carbocycles. The van der Waals surface area contributed by atoms with Crippen molar-refractivity contribution in [3.05, 3.63) is 30.0 Å². The Morgan fingerprint density at radius 2 is 1.82 bits per heavy atom. The molecule has 0 aliphatic carbocycles. The van der Waals surface area contributed by atoms with Crippen molar-refractivity contribution in [3.63, 3.8) is 0 Å². The third-order valence-electron chi connectivity index (χ3n) is 3.52. The quantitative estimate of drug-likeness (QED) is 0.793. The lowest BCUT2D eigenvalue weighted by atomic mass is 10.2. The van der Waals surface area contributed by atoms with Crippen LogP contribution in [0.3, 0.4) is 0 Å². The Morgan fingerprint density at radius 3 is 2.65 bits per heavy atom. The summed E-state index contributed by atoms with van der Waals surface area (Å²) in [6.07, 6.45) is 5.37. The topological polar surface area (TPSA) is 29.3 Å². The highest BCUT2D eigenvalue weighted by Crippen LogP contribution is 2.20. The average Bonchev–Trinajstić information content (AvgIpc) is 2.59. The molecule has 0 bridgehead atoms. The van der Waals surface area contributed by atoms with Gasteiger partial charge in [-0.1, -0.05) is 30.1 Å². The van der Waals surface area contributed by atoms with E-state index in [1.54, 1.807) is 0 Å². The molecule has 3 rings (SSSR count). The number of likely N-dealkylation sites (tertiary alicyclic amines) is 1. The highest BCUT2D eigenvalue weighted by atomic mass is 16.5. The molecule has 1 saturated heterocycles. The number of para-hydroxylation sites is 1. The zero-order chi connectivity index (χ0) is 11.5. The second-order valence-corrected chi connectivity index (χ2v) is 4.82. The lowest BCUT2D eigenvalue weighted by Crippen LogP contribution is -2.24. The van der Waals surface area contributed by atoms with Crippen LogP contribution in [0.15, 0.2) is 28.8 Å². The van der Waals surface area contributed by atoms with Crippen molar-refractivity contribution in [1.82, 2.24) is 10.1 Å². The molecule has 0 N–H and O–H groups in total. The smallest absolute Gasteiger partial charge is 0.167 e. The SMILES string of the molecule is c1ccc2c(CN3CCCCCC3)noc2c1. The van der Waals surface area contributed by atoms with E-state index in [0.29, 0.717) is 0 Å². The molecule has 3 nitrogen and oxygen atoms in total. The van der Waals surface area contributed by atoms with Crippen LogP contribution < -0.4 is 0 Å². The van der Waals surface area contributed by atoms with E-state index in [9.17, 15) is 0 Å². The zero-order valence-electron chi connectivity index (χ0n) is 10.1. The second kappa shape index (κ2) is 4.88. The van der Waals surface area contributed by atoms with Gasteiger partial charge in [0.25, 0.3) is 0 Å². The van der Waals surface area contributed by atoms with E-state index in [0.717, 1.165) is 23.2 Å². The van der Waals surface area contributed by atoms with Crippen LogP contribution in [0.2, 0.25) is 0 Å². The van der Waals surface area contributed by atoms with Crippen LogP contribution in [-0.2, 0) is 6.54 Å². The fourth-order valence-corrected chi connectivity index (χ4v) is 2.56. The number of nitrogens with zero attached hydrogens (tertiary/aromatic N) is 2. The Bertz CT molecular complexity index is 484. The maximum absolute atomic E-state index is 5.35. The van der Waals surface area contributed by atoms with E-state index in [2.05, 4.69) is 16.1 Å². The van der Waals surface area contributed by atoms with E-state index < -0.39 is 0 Å². The van der Waals surface area contributed by atoms with Crippen molar-refractivity contribution in [2.45, 2.75) is 32.2 Å². The highest BCUT2D eigenvalue weighted by Gasteiger charge is 2.13. The monoisotopic (exact) mass is 230 g/mol. The van der Waals surface area contributed by atoms with Crippen molar-refractivity contribution in [2.24, 2.45) is 0 Å². The largest absolute Gasteiger partial charge is 0.356 e. The molecule has 0 spiro atoms. The Balaban J connectivity index is 1.79. The molecule has 0 atom stereocenters. The van der Waals surface area contributed by atoms with Crippen LogP contribution in [-0.4, -0.2) is 23.1 Å². The predicted octanol–water partition coefficient (Wildman–Crippen LogP) is 3.20. The van der Waals surface area contributed by atoms with Gasteiger partial charge in [-0.25, -0.2) is 0 Å². The first-order valence-corrected chi connectivity index (χ1v) is 6.49. The summed E-state index contributed by atoms with van der Waals surface area (Å²) in [5, 5.41) is 5.37. The Kier molecular flexibility index (Phi) is 3.10. The normalized spacial score (nSPS) is 18.4. The minimum atomic E-state index is 0.900. The van der Waals surface area contributed by atoms with E-state index >= 15 is 0 Å². The summed E-state index contributed by atoms with van der Waals surface area (Å²) in [6.45, 7) is 3.32. The van der Waals surface area contributed by atoms with Crippen LogP contribution in [0.1, 0.15) is 31.4 Å². The molecule has 0 unspecified atom stereocenters. The maximum atomic E-state index is 5.35. The van der Waals surface area contributed by atoms with Gasteiger partial charge in [-0.2, -0.15) is 0 Å². The third-order valence-corrected chi connectivity index (χ3v) is 3.52. The minimum absolute atomic E-state index is 0.900. The van der Waals surface area contributed by atoms with Crippen LogP contribution in [0.5, 0.6) is 0 Å². The number of aromatic nitrogens is 1. The molecule has 1 aromatic heterocycles. The summed E-state index contributed by atoms with van der Waals surface area (Å²) in [5.41, 5.74) is 1.99. The molecular formula is C14H18N2O.